The van der Waals surface area contributed by atoms with Gasteiger partial charge < -0.3 is 4.74 Å². The monoisotopic (exact) mass is 261 g/mol. The molecule has 0 saturated carbocycles. The highest BCUT2D eigenvalue weighted by molar-refractivity contribution is 5.84. The van der Waals surface area contributed by atoms with Gasteiger partial charge in [0.15, 0.2) is 0 Å². The van der Waals surface area contributed by atoms with Crippen LogP contribution in [0.25, 0.3) is 6.08 Å². The summed E-state index contributed by atoms with van der Waals surface area (Å²) < 4.78 is 5.45. The van der Waals surface area contributed by atoms with Crippen molar-refractivity contribution in [2.24, 2.45) is 4.99 Å². The lowest BCUT2D eigenvalue weighted by atomic mass is 10.2. The second-order valence-corrected chi connectivity index (χ2v) is 4.04. The Morgan fingerprint density at radius 1 is 1.05 bits per heavy atom. The highest BCUT2D eigenvalue weighted by atomic mass is 16.5. The zero-order valence-corrected chi connectivity index (χ0v) is 11.1. The average molecular weight is 261 g/mol. The molecule has 0 spiro atoms. The standard InChI is InChI=1S/C18H15NO/c1-2-14-20-18-11-7-6-10-17(18)15-19-13-12-16-8-4-3-5-9-16/h1,3-13,15H,14H2/b13-12+,19-15?. The molecule has 2 aromatic rings. The molecule has 2 aromatic carbocycles. The van der Waals surface area contributed by atoms with E-state index >= 15 is 0 Å². The van der Waals surface area contributed by atoms with Gasteiger partial charge in [-0.2, -0.15) is 0 Å². The molecule has 0 bridgehead atoms. The summed E-state index contributed by atoms with van der Waals surface area (Å²) in [6.45, 7) is 0.255. The number of rotatable bonds is 5. The summed E-state index contributed by atoms with van der Waals surface area (Å²) in [6, 6.07) is 17.7. The van der Waals surface area contributed by atoms with E-state index in [1.165, 1.54) is 0 Å². The van der Waals surface area contributed by atoms with Crippen LogP contribution in [-0.4, -0.2) is 12.8 Å². The minimum Gasteiger partial charge on any atom is -0.480 e. The lowest BCUT2D eigenvalue weighted by Gasteiger charge is -2.04. The number of benzene rings is 2. The Morgan fingerprint density at radius 3 is 2.60 bits per heavy atom. The molecule has 0 aliphatic carbocycles. The van der Waals surface area contributed by atoms with Gasteiger partial charge in [0.05, 0.1) is 0 Å². The molecule has 2 heteroatoms. The molecule has 0 atom stereocenters. The van der Waals surface area contributed by atoms with Crippen molar-refractivity contribution in [2.45, 2.75) is 0 Å². The molecule has 0 unspecified atom stereocenters. The Bertz CT molecular complexity index is 636. The normalized spacial score (nSPS) is 10.8. The highest BCUT2D eigenvalue weighted by Crippen LogP contribution is 2.15. The van der Waals surface area contributed by atoms with E-state index in [-0.39, 0.29) is 6.61 Å². The van der Waals surface area contributed by atoms with Gasteiger partial charge in [-0.3, -0.25) is 4.99 Å². The quantitative estimate of drug-likeness (QED) is 0.592. The minimum absolute atomic E-state index is 0.255. The Morgan fingerprint density at radius 2 is 1.80 bits per heavy atom. The van der Waals surface area contributed by atoms with Crippen molar-refractivity contribution in [2.75, 3.05) is 6.61 Å². The second-order valence-electron chi connectivity index (χ2n) is 4.04. The molecule has 0 heterocycles. The maximum atomic E-state index is 5.45. The van der Waals surface area contributed by atoms with Crippen LogP contribution < -0.4 is 4.74 Å². The smallest absolute Gasteiger partial charge is 0.148 e. The van der Waals surface area contributed by atoms with Crippen molar-refractivity contribution in [3.63, 3.8) is 0 Å². The van der Waals surface area contributed by atoms with E-state index in [9.17, 15) is 0 Å². The van der Waals surface area contributed by atoms with Gasteiger partial charge in [0.2, 0.25) is 0 Å². The van der Waals surface area contributed by atoms with Crippen molar-refractivity contribution in [1.82, 2.24) is 0 Å². The summed E-state index contributed by atoms with van der Waals surface area (Å²) in [5, 5.41) is 0. The highest BCUT2D eigenvalue weighted by Gasteiger charge is 1.98. The van der Waals surface area contributed by atoms with Crippen molar-refractivity contribution >= 4 is 12.3 Å². The summed E-state index contributed by atoms with van der Waals surface area (Å²) in [7, 11) is 0. The molecule has 0 aliphatic heterocycles. The van der Waals surface area contributed by atoms with Gasteiger partial charge in [-0.1, -0.05) is 48.4 Å². The van der Waals surface area contributed by atoms with Gasteiger partial charge in [0.25, 0.3) is 0 Å². The number of hydrogen-bond donors (Lipinski definition) is 0. The average Bonchev–Trinajstić information content (AvgIpc) is 2.51. The molecule has 0 amide bonds. The van der Waals surface area contributed by atoms with Crippen molar-refractivity contribution in [1.29, 1.82) is 0 Å². The van der Waals surface area contributed by atoms with E-state index in [1.54, 1.807) is 12.4 Å². The molecule has 20 heavy (non-hydrogen) atoms. The summed E-state index contributed by atoms with van der Waals surface area (Å²) in [4.78, 5) is 4.27. The van der Waals surface area contributed by atoms with E-state index in [0.717, 1.165) is 16.9 Å². The number of aliphatic imine (C=N–C) groups is 1. The lowest BCUT2D eigenvalue weighted by molar-refractivity contribution is 0.370. The van der Waals surface area contributed by atoms with Crippen LogP contribution in [0.1, 0.15) is 11.1 Å². The molecule has 0 radical (unpaired) electrons. The van der Waals surface area contributed by atoms with E-state index in [1.807, 2.05) is 60.7 Å². The number of hydrogen-bond acceptors (Lipinski definition) is 2. The molecular weight excluding hydrogens is 246 g/mol. The van der Waals surface area contributed by atoms with Crippen LogP contribution >= 0.6 is 0 Å². The molecule has 2 rings (SSSR count). The molecule has 98 valence electrons. The second kappa shape index (κ2) is 7.60. The number of para-hydroxylation sites is 1. The van der Waals surface area contributed by atoms with Gasteiger partial charge in [-0.15, -0.1) is 6.42 Å². The van der Waals surface area contributed by atoms with Crippen LogP contribution in [0.2, 0.25) is 0 Å². The van der Waals surface area contributed by atoms with Crippen molar-refractivity contribution in [3.05, 3.63) is 71.9 Å². The third-order valence-corrected chi connectivity index (χ3v) is 2.60. The first-order valence-electron chi connectivity index (χ1n) is 6.30. The maximum Gasteiger partial charge on any atom is 0.148 e. The Kier molecular flexibility index (Phi) is 5.18. The van der Waals surface area contributed by atoms with Crippen LogP contribution in [0.3, 0.4) is 0 Å². The minimum atomic E-state index is 0.255. The molecule has 2 nitrogen and oxygen atoms in total. The van der Waals surface area contributed by atoms with E-state index < -0.39 is 0 Å². The zero-order valence-electron chi connectivity index (χ0n) is 11.1. The first-order valence-corrected chi connectivity index (χ1v) is 6.30. The van der Waals surface area contributed by atoms with Crippen LogP contribution in [-0.2, 0) is 0 Å². The third kappa shape index (κ3) is 4.15. The van der Waals surface area contributed by atoms with E-state index in [0.29, 0.717) is 0 Å². The lowest BCUT2D eigenvalue weighted by Crippen LogP contribution is -1.96. The first kappa shape index (κ1) is 13.6. The SMILES string of the molecule is C#CCOc1ccccc1C=N/C=C/c1ccccc1. The fourth-order valence-electron chi connectivity index (χ4n) is 1.65. The maximum absolute atomic E-state index is 5.45. The fourth-order valence-corrected chi connectivity index (χ4v) is 1.65. The Balaban J connectivity index is 2.04. The molecule has 0 aromatic heterocycles. The summed E-state index contributed by atoms with van der Waals surface area (Å²) in [5.41, 5.74) is 2.02. The number of terminal acetylenes is 1. The molecule has 0 aliphatic rings. The van der Waals surface area contributed by atoms with Crippen LogP contribution in [0.15, 0.2) is 65.8 Å². The predicted molar refractivity (Wildman–Crippen MR) is 83.8 cm³/mol. The van der Waals surface area contributed by atoms with Crippen LogP contribution in [0, 0.1) is 12.3 Å². The molecule has 0 saturated heterocycles. The van der Waals surface area contributed by atoms with Crippen LogP contribution in [0.5, 0.6) is 5.75 Å². The predicted octanol–water partition coefficient (Wildman–Crippen LogP) is 3.79. The summed E-state index contributed by atoms with van der Waals surface area (Å²) in [5.74, 6) is 3.19. The van der Waals surface area contributed by atoms with E-state index in [4.69, 9.17) is 11.2 Å². The van der Waals surface area contributed by atoms with Gasteiger partial charge in [0, 0.05) is 18.0 Å². The van der Waals surface area contributed by atoms with Crippen molar-refractivity contribution in [3.8, 4) is 18.1 Å². The number of nitrogens with zero attached hydrogens (tertiary/aromatic N) is 1. The van der Waals surface area contributed by atoms with Gasteiger partial charge >= 0.3 is 0 Å². The number of ether oxygens (including phenoxy) is 1. The van der Waals surface area contributed by atoms with Gasteiger partial charge in [-0.25, -0.2) is 0 Å². The van der Waals surface area contributed by atoms with Gasteiger partial charge in [0.1, 0.15) is 12.4 Å². The fraction of sp³-hybridized carbons (Fsp3) is 0.0556. The van der Waals surface area contributed by atoms with E-state index in [2.05, 4.69) is 10.9 Å². The Labute approximate surface area is 119 Å². The summed E-state index contributed by atoms with van der Waals surface area (Å²) >= 11 is 0. The largest absolute Gasteiger partial charge is 0.480 e. The topological polar surface area (TPSA) is 21.6 Å². The summed E-state index contributed by atoms with van der Waals surface area (Å²) in [6.07, 6.45) is 10.7. The first-order chi connectivity index (χ1) is 9.90. The van der Waals surface area contributed by atoms with Gasteiger partial charge in [-0.05, 0) is 23.8 Å². The Hall–Kier alpha value is -2.79. The third-order valence-electron chi connectivity index (χ3n) is 2.60. The van der Waals surface area contributed by atoms with Crippen LogP contribution in [0.4, 0.5) is 0 Å². The van der Waals surface area contributed by atoms with Crippen molar-refractivity contribution < 1.29 is 4.74 Å². The molecular formula is C18H15NO. The molecule has 0 N–H and O–H groups in total. The zero-order chi connectivity index (χ0) is 14.0. The molecule has 0 fully saturated rings.